The predicted octanol–water partition coefficient (Wildman–Crippen LogP) is 2.51. The Morgan fingerprint density at radius 3 is 2.86 bits per heavy atom. The molecule has 1 atom stereocenters. The summed E-state index contributed by atoms with van der Waals surface area (Å²) in [7, 11) is 1.91. The van der Waals surface area contributed by atoms with Gasteiger partial charge in [0.05, 0.1) is 0 Å². The molecule has 0 radical (unpaired) electrons. The van der Waals surface area contributed by atoms with E-state index in [9.17, 15) is 9.18 Å². The van der Waals surface area contributed by atoms with Crippen molar-refractivity contribution in [1.29, 1.82) is 0 Å². The number of amides is 1. The Bertz CT molecular complexity index is 1010. The number of rotatable bonds is 5. The van der Waals surface area contributed by atoms with Crippen molar-refractivity contribution in [3.05, 3.63) is 53.9 Å². The van der Waals surface area contributed by atoms with E-state index in [1.54, 1.807) is 29.4 Å². The first-order valence-corrected chi connectivity index (χ1v) is 9.92. The smallest absolute Gasteiger partial charge is 0.293 e. The SMILES string of the molecule is CCCc1nc(C(=O)N2CCCC(c3nncn3C)C2)nn1-c1ccccc1F. The average molecular weight is 397 g/mol. The van der Waals surface area contributed by atoms with E-state index in [0.29, 0.717) is 31.0 Å². The van der Waals surface area contributed by atoms with Gasteiger partial charge in [-0.3, -0.25) is 4.79 Å². The third kappa shape index (κ3) is 3.76. The lowest BCUT2D eigenvalue weighted by atomic mass is 9.97. The summed E-state index contributed by atoms with van der Waals surface area (Å²) in [6.45, 7) is 3.20. The van der Waals surface area contributed by atoms with Crippen LogP contribution in [0.15, 0.2) is 30.6 Å². The standard InChI is InChI=1S/C20H24FN7O/c1-3-7-17-23-18(25-28(17)16-10-5-4-9-15(16)21)20(29)27-11-6-8-14(12-27)19-24-22-13-26(19)2/h4-5,9-10,13-14H,3,6-8,11-12H2,1-2H3. The molecule has 1 aliphatic rings. The highest BCUT2D eigenvalue weighted by Crippen LogP contribution is 2.26. The van der Waals surface area contributed by atoms with Gasteiger partial charge in [-0.05, 0) is 31.4 Å². The minimum atomic E-state index is -0.394. The Morgan fingerprint density at radius 1 is 1.31 bits per heavy atom. The van der Waals surface area contributed by atoms with Gasteiger partial charge in [0.15, 0.2) is 0 Å². The van der Waals surface area contributed by atoms with Gasteiger partial charge >= 0.3 is 0 Å². The molecule has 0 aliphatic carbocycles. The van der Waals surface area contributed by atoms with Crippen molar-refractivity contribution in [2.45, 2.75) is 38.5 Å². The Balaban J connectivity index is 1.61. The van der Waals surface area contributed by atoms with Gasteiger partial charge in [-0.1, -0.05) is 19.1 Å². The maximum Gasteiger partial charge on any atom is 0.293 e. The van der Waals surface area contributed by atoms with E-state index >= 15 is 0 Å². The molecular weight excluding hydrogens is 373 g/mol. The molecule has 2 aromatic heterocycles. The maximum absolute atomic E-state index is 14.3. The highest BCUT2D eigenvalue weighted by molar-refractivity contribution is 5.90. The molecule has 0 N–H and O–H groups in total. The second kappa shape index (κ2) is 8.10. The highest BCUT2D eigenvalue weighted by atomic mass is 19.1. The normalized spacial score (nSPS) is 16.9. The fourth-order valence-electron chi connectivity index (χ4n) is 3.81. The van der Waals surface area contributed by atoms with Crippen LogP contribution in [-0.4, -0.2) is 53.4 Å². The molecule has 3 aromatic rings. The van der Waals surface area contributed by atoms with Crippen LogP contribution in [0.3, 0.4) is 0 Å². The molecule has 1 saturated heterocycles. The van der Waals surface area contributed by atoms with Crippen molar-refractivity contribution < 1.29 is 9.18 Å². The molecule has 9 heteroatoms. The minimum absolute atomic E-state index is 0.107. The maximum atomic E-state index is 14.3. The molecule has 152 valence electrons. The van der Waals surface area contributed by atoms with Crippen molar-refractivity contribution in [3.63, 3.8) is 0 Å². The molecular formula is C20H24FN7O. The molecule has 0 spiro atoms. The van der Waals surface area contributed by atoms with E-state index in [2.05, 4.69) is 20.3 Å². The number of piperidine rings is 1. The predicted molar refractivity (Wildman–Crippen MR) is 104 cm³/mol. The Morgan fingerprint density at radius 2 is 2.14 bits per heavy atom. The zero-order valence-corrected chi connectivity index (χ0v) is 16.6. The van der Waals surface area contributed by atoms with Gasteiger partial charge in [-0.2, -0.15) is 0 Å². The fourth-order valence-corrected chi connectivity index (χ4v) is 3.81. The summed E-state index contributed by atoms with van der Waals surface area (Å²) in [5, 5.41) is 12.5. The van der Waals surface area contributed by atoms with E-state index in [1.165, 1.54) is 10.7 Å². The van der Waals surface area contributed by atoms with E-state index < -0.39 is 5.82 Å². The van der Waals surface area contributed by atoms with Gasteiger partial charge in [-0.15, -0.1) is 15.3 Å². The fraction of sp³-hybridized carbons (Fsp3) is 0.450. The Labute approximate surface area is 168 Å². The van der Waals surface area contributed by atoms with Crippen LogP contribution in [0.25, 0.3) is 5.69 Å². The average Bonchev–Trinajstić information content (AvgIpc) is 3.35. The summed E-state index contributed by atoms with van der Waals surface area (Å²) in [5.41, 5.74) is 0.304. The number of carbonyl (C=O) groups excluding carboxylic acids is 1. The molecule has 1 unspecified atom stereocenters. The van der Waals surface area contributed by atoms with Crippen LogP contribution in [0.2, 0.25) is 0 Å². The van der Waals surface area contributed by atoms with Crippen molar-refractivity contribution in [3.8, 4) is 5.69 Å². The largest absolute Gasteiger partial charge is 0.335 e. The van der Waals surface area contributed by atoms with Crippen LogP contribution in [-0.2, 0) is 13.5 Å². The van der Waals surface area contributed by atoms with Crippen LogP contribution < -0.4 is 0 Å². The number of halogens is 1. The molecule has 0 bridgehead atoms. The lowest BCUT2D eigenvalue weighted by Gasteiger charge is -2.31. The first-order chi connectivity index (χ1) is 14.1. The summed E-state index contributed by atoms with van der Waals surface area (Å²) in [6.07, 6.45) is 4.92. The number of hydrogen-bond acceptors (Lipinski definition) is 5. The number of aryl methyl sites for hydroxylation is 2. The van der Waals surface area contributed by atoms with Crippen LogP contribution in [0.4, 0.5) is 4.39 Å². The molecule has 8 nitrogen and oxygen atoms in total. The first kappa shape index (κ1) is 19.2. The molecule has 3 heterocycles. The Kier molecular flexibility index (Phi) is 5.37. The number of benzene rings is 1. The minimum Gasteiger partial charge on any atom is -0.335 e. The molecule has 1 aromatic carbocycles. The summed E-state index contributed by atoms with van der Waals surface area (Å²) in [4.78, 5) is 19.4. The van der Waals surface area contributed by atoms with Crippen LogP contribution in [0.5, 0.6) is 0 Å². The Hall–Kier alpha value is -3.10. The molecule has 1 fully saturated rings. The number of nitrogens with zero attached hydrogens (tertiary/aromatic N) is 7. The van der Waals surface area contributed by atoms with Crippen LogP contribution >= 0.6 is 0 Å². The number of hydrogen-bond donors (Lipinski definition) is 0. The van der Waals surface area contributed by atoms with Crippen molar-refractivity contribution in [1.82, 2.24) is 34.4 Å². The van der Waals surface area contributed by atoms with Crippen molar-refractivity contribution >= 4 is 5.91 Å². The second-order valence-corrected chi connectivity index (χ2v) is 7.36. The van der Waals surface area contributed by atoms with Gasteiger partial charge in [0.25, 0.3) is 5.91 Å². The van der Waals surface area contributed by atoms with Gasteiger partial charge < -0.3 is 9.47 Å². The number of aromatic nitrogens is 6. The molecule has 1 aliphatic heterocycles. The lowest BCUT2D eigenvalue weighted by Crippen LogP contribution is -2.40. The summed E-state index contributed by atoms with van der Waals surface area (Å²) < 4.78 is 17.7. The van der Waals surface area contributed by atoms with E-state index in [-0.39, 0.29) is 17.6 Å². The van der Waals surface area contributed by atoms with Gasteiger partial charge in [0.2, 0.25) is 5.82 Å². The van der Waals surface area contributed by atoms with Gasteiger partial charge in [0.1, 0.15) is 29.5 Å². The molecule has 0 saturated carbocycles. The van der Waals surface area contributed by atoms with E-state index in [0.717, 1.165) is 25.1 Å². The molecule has 1 amide bonds. The first-order valence-electron chi connectivity index (χ1n) is 9.92. The van der Waals surface area contributed by atoms with Gasteiger partial charge in [0, 0.05) is 32.5 Å². The highest BCUT2D eigenvalue weighted by Gasteiger charge is 2.30. The quantitative estimate of drug-likeness (QED) is 0.661. The van der Waals surface area contributed by atoms with Crippen molar-refractivity contribution in [2.75, 3.05) is 13.1 Å². The molecule has 29 heavy (non-hydrogen) atoms. The summed E-state index contributed by atoms with van der Waals surface area (Å²) in [6, 6.07) is 6.39. The number of para-hydroxylation sites is 1. The monoisotopic (exact) mass is 397 g/mol. The third-order valence-electron chi connectivity index (χ3n) is 5.24. The zero-order valence-electron chi connectivity index (χ0n) is 16.6. The number of likely N-dealkylation sites (tertiary alicyclic amines) is 1. The zero-order chi connectivity index (χ0) is 20.4. The van der Waals surface area contributed by atoms with E-state index in [1.807, 2.05) is 18.5 Å². The van der Waals surface area contributed by atoms with E-state index in [4.69, 9.17) is 0 Å². The van der Waals surface area contributed by atoms with Crippen molar-refractivity contribution in [2.24, 2.45) is 7.05 Å². The second-order valence-electron chi connectivity index (χ2n) is 7.36. The van der Waals surface area contributed by atoms with Crippen LogP contribution in [0.1, 0.15) is 54.4 Å². The number of carbonyl (C=O) groups is 1. The summed E-state index contributed by atoms with van der Waals surface area (Å²) in [5.74, 6) is 1.07. The summed E-state index contributed by atoms with van der Waals surface area (Å²) >= 11 is 0. The topological polar surface area (TPSA) is 81.7 Å². The van der Waals surface area contributed by atoms with Crippen LogP contribution in [0, 0.1) is 5.82 Å². The molecule has 4 rings (SSSR count). The van der Waals surface area contributed by atoms with Gasteiger partial charge in [-0.25, -0.2) is 14.1 Å². The lowest BCUT2D eigenvalue weighted by molar-refractivity contribution is 0.0691. The third-order valence-corrected chi connectivity index (χ3v) is 5.24.